The molecule has 1 aromatic carbocycles. The minimum absolute atomic E-state index is 0.00345. The molecule has 6 nitrogen and oxygen atoms in total. The summed E-state index contributed by atoms with van der Waals surface area (Å²) in [6.45, 7) is 4.27. The molecule has 0 aliphatic heterocycles. The molecule has 1 heterocycles. The fourth-order valence-electron chi connectivity index (χ4n) is 1.74. The second-order valence-electron chi connectivity index (χ2n) is 4.49. The quantitative estimate of drug-likeness (QED) is 0.876. The van der Waals surface area contributed by atoms with E-state index in [-0.39, 0.29) is 18.2 Å². The van der Waals surface area contributed by atoms with Crippen molar-refractivity contribution in [3.63, 3.8) is 0 Å². The highest BCUT2D eigenvalue weighted by atomic mass is 16.5. The van der Waals surface area contributed by atoms with E-state index in [2.05, 4.69) is 24.0 Å². The van der Waals surface area contributed by atoms with Crippen molar-refractivity contribution in [2.45, 2.75) is 26.3 Å². The highest BCUT2D eigenvalue weighted by molar-refractivity contribution is 5.69. The van der Waals surface area contributed by atoms with E-state index in [4.69, 9.17) is 15.0 Å². The molecule has 0 aliphatic carbocycles. The average molecular weight is 263 g/mol. The average Bonchev–Trinajstić information content (AvgIpc) is 2.87. The van der Waals surface area contributed by atoms with E-state index in [0.717, 1.165) is 5.56 Å². The first-order valence-electron chi connectivity index (χ1n) is 6.00. The van der Waals surface area contributed by atoms with Gasteiger partial charge >= 0.3 is 0 Å². The Morgan fingerprint density at radius 1 is 1.42 bits per heavy atom. The molecule has 0 unspecified atom stereocenters. The predicted octanol–water partition coefficient (Wildman–Crippen LogP) is 2.03. The summed E-state index contributed by atoms with van der Waals surface area (Å²) >= 11 is 0. The largest absolute Gasteiger partial charge is 0.504 e. The van der Waals surface area contributed by atoms with E-state index in [1.807, 2.05) is 6.07 Å². The predicted molar refractivity (Wildman–Crippen MR) is 69.9 cm³/mol. The first-order chi connectivity index (χ1) is 9.06. The lowest BCUT2D eigenvalue weighted by Crippen LogP contribution is -1.96. The van der Waals surface area contributed by atoms with Gasteiger partial charge in [0.1, 0.15) is 0 Å². The number of rotatable bonds is 4. The molecule has 0 aliphatic rings. The van der Waals surface area contributed by atoms with Crippen molar-refractivity contribution in [3.05, 3.63) is 23.6 Å². The molecule has 2 rings (SSSR count). The van der Waals surface area contributed by atoms with E-state index in [0.29, 0.717) is 23.0 Å². The van der Waals surface area contributed by atoms with Crippen LogP contribution in [0.4, 0.5) is 0 Å². The number of phenols is 1. The van der Waals surface area contributed by atoms with Crippen molar-refractivity contribution < 1.29 is 14.4 Å². The highest BCUT2D eigenvalue weighted by Gasteiger charge is 2.18. The summed E-state index contributed by atoms with van der Waals surface area (Å²) in [6, 6.07) is 3.63. The van der Waals surface area contributed by atoms with Crippen LogP contribution in [-0.2, 0) is 6.54 Å². The van der Waals surface area contributed by atoms with Gasteiger partial charge < -0.3 is 20.1 Å². The molecule has 19 heavy (non-hydrogen) atoms. The Morgan fingerprint density at radius 2 is 2.16 bits per heavy atom. The van der Waals surface area contributed by atoms with E-state index in [1.54, 1.807) is 6.07 Å². The molecule has 0 saturated carbocycles. The van der Waals surface area contributed by atoms with Gasteiger partial charge in [-0.15, -0.1) is 0 Å². The Balaban J connectivity index is 2.57. The minimum Gasteiger partial charge on any atom is -0.504 e. The lowest BCUT2D eigenvalue weighted by molar-refractivity contribution is 0.371. The third-order valence-corrected chi connectivity index (χ3v) is 2.87. The zero-order chi connectivity index (χ0) is 14.0. The van der Waals surface area contributed by atoms with E-state index < -0.39 is 0 Å². The van der Waals surface area contributed by atoms with Gasteiger partial charge in [0.25, 0.3) is 0 Å². The Bertz CT molecular complexity index is 579. The van der Waals surface area contributed by atoms with Gasteiger partial charge in [0, 0.05) is 0 Å². The van der Waals surface area contributed by atoms with Crippen LogP contribution >= 0.6 is 0 Å². The van der Waals surface area contributed by atoms with E-state index in [1.165, 1.54) is 7.11 Å². The molecule has 6 heteroatoms. The van der Waals surface area contributed by atoms with Gasteiger partial charge in [-0.05, 0) is 23.6 Å². The number of nitrogens with two attached hydrogens (primary N) is 1. The topological polar surface area (TPSA) is 94.4 Å². The Hall–Kier alpha value is -2.08. The number of phenolic OH excluding ortho intramolecular Hbond substituents is 1. The van der Waals surface area contributed by atoms with Gasteiger partial charge in [-0.3, -0.25) is 0 Å². The van der Waals surface area contributed by atoms with Crippen molar-refractivity contribution >= 4 is 0 Å². The molecular formula is C13H17N3O3. The van der Waals surface area contributed by atoms with Crippen molar-refractivity contribution in [1.29, 1.82) is 0 Å². The molecule has 0 fully saturated rings. The Kier molecular flexibility index (Phi) is 3.71. The first-order valence-corrected chi connectivity index (χ1v) is 6.00. The lowest BCUT2D eigenvalue weighted by Gasteiger charge is -2.12. The molecule has 1 aromatic heterocycles. The van der Waals surface area contributed by atoms with Crippen LogP contribution in [0.15, 0.2) is 16.7 Å². The van der Waals surface area contributed by atoms with Crippen LogP contribution in [-0.4, -0.2) is 22.4 Å². The van der Waals surface area contributed by atoms with Crippen molar-refractivity contribution in [3.8, 4) is 22.9 Å². The maximum Gasteiger partial charge on any atom is 0.240 e. The van der Waals surface area contributed by atoms with Crippen LogP contribution in [0.5, 0.6) is 11.5 Å². The molecule has 0 radical (unpaired) electrons. The SMILES string of the molecule is COc1cc(C(C)C)cc(-c2noc(CN)n2)c1O. The van der Waals surface area contributed by atoms with Crippen molar-refractivity contribution in [2.24, 2.45) is 5.73 Å². The van der Waals surface area contributed by atoms with Gasteiger partial charge in [-0.2, -0.15) is 4.98 Å². The molecule has 3 N–H and O–H groups in total. The lowest BCUT2D eigenvalue weighted by atomic mass is 9.99. The third kappa shape index (κ3) is 2.53. The number of hydrogen-bond acceptors (Lipinski definition) is 6. The monoisotopic (exact) mass is 263 g/mol. The van der Waals surface area contributed by atoms with Gasteiger partial charge in [-0.1, -0.05) is 19.0 Å². The number of nitrogens with zero attached hydrogens (tertiary/aromatic N) is 2. The van der Waals surface area contributed by atoms with Crippen LogP contribution in [0.2, 0.25) is 0 Å². The molecule has 0 saturated heterocycles. The van der Waals surface area contributed by atoms with Crippen LogP contribution in [0.1, 0.15) is 31.2 Å². The summed E-state index contributed by atoms with van der Waals surface area (Å²) in [5.41, 5.74) is 6.93. The summed E-state index contributed by atoms with van der Waals surface area (Å²) < 4.78 is 10.1. The summed E-state index contributed by atoms with van der Waals surface area (Å²) in [4.78, 5) is 4.12. The molecule has 0 spiro atoms. The minimum atomic E-state index is -0.00345. The summed E-state index contributed by atoms with van der Waals surface area (Å²) in [6.07, 6.45) is 0. The second kappa shape index (κ2) is 5.27. The second-order valence-corrected chi connectivity index (χ2v) is 4.49. The maximum absolute atomic E-state index is 10.2. The van der Waals surface area contributed by atoms with Gasteiger partial charge in [0.05, 0.1) is 19.2 Å². The first kappa shape index (κ1) is 13.4. The van der Waals surface area contributed by atoms with Crippen molar-refractivity contribution in [2.75, 3.05) is 7.11 Å². The maximum atomic E-state index is 10.2. The fourth-order valence-corrected chi connectivity index (χ4v) is 1.74. The zero-order valence-corrected chi connectivity index (χ0v) is 11.2. The summed E-state index contributed by atoms with van der Waals surface area (Å²) in [7, 11) is 1.50. The van der Waals surface area contributed by atoms with Crippen LogP contribution in [0.3, 0.4) is 0 Å². The number of aromatic nitrogens is 2. The Morgan fingerprint density at radius 3 is 2.68 bits per heavy atom. The van der Waals surface area contributed by atoms with Crippen LogP contribution in [0, 0.1) is 0 Å². The van der Waals surface area contributed by atoms with Crippen molar-refractivity contribution in [1.82, 2.24) is 10.1 Å². The Labute approximate surface area is 111 Å². The number of aromatic hydroxyl groups is 1. The van der Waals surface area contributed by atoms with E-state index >= 15 is 0 Å². The van der Waals surface area contributed by atoms with E-state index in [9.17, 15) is 5.11 Å². The molecule has 0 atom stereocenters. The highest BCUT2D eigenvalue weighted by Crippen LogP contribution is 2.38. The molecule has 102 valence electrons. The fraction of sp³-hybridized carbons (Fsp3) is 0.385. The zero-order valence-electron chi connectivity index (χ0n) is 11.2. The summed E-state index contributed by atoms with van der Waals surface area (Å²) in [5, 5.41) is 14.0. The summed E-state index contributed by atoms with van der Waals surface area (Å²) in [5.74, 6) is 1.30. The van der Waals surface area contributed by atoms with Gasteiger partial charge in [0.2, 0.25) is 11.7 Å². The molecule has 2 aromatic rings. The molecular weight excluding hydrogens is 246 g/mol. The number of ether oxygens (including phenoxy) is 1. The smallest absolute Gasteiger partial charge is 0.240 e. The number of benzene rings is 1. The van der Waals surface area contributed by atoms with Gasteiger partial charge in [0.15, 0.2) is 11.5 Å². The van der Waals surface area contributed by atoms with Gasteiger partial charge in [-0.25, -0.2) is 0 Å². The number of hydrogen-bond donors (Lipinski definition) is 2. The number of methoxy groups -OCH3 is 1. The normalized spacial score (nSPS) is 11.0. The molecule has 0 amide bonds. The third-order valence-electron chi connectivity index (χ3n) is 2.87. The standard InChI is InChI=1S/C13H17N3O3/c1-7(2)8-4-9(12(17)10(5-8)18-3)13-15-11(6-14)19-16-13/h4-5,7,17H,6,14H2,1-3H3. The van der Waals surface area contributed by atoms with Crippen LogP contribution in [0.25, 0.3) is 11.4 Å². The van der Waals surface area contributed by atoms with Crippen LogP contribution < -0.4 is 10.5 Å². The molecule has 0 bridgehead atoms.